The van der Waals surface area contributed by atoms with Crippen LogP contribution < -0.4 is 5.32 Å². The van der Waals surface area contributed by atoms with Gasteiger partial charge in [-0.15, -0.1) is 0 Å². The Hall–Kier alpha value is -0.610. The van der Waals surface area contributed by atoms with E-state index in [1.165, 1.54) is 0 Å². The first-order valence-corrected chi connectivity index (χ1v) is 5.29. The van der Waals surface area contributed by atoms with Gasteiger partial charge in [0.1, 0.15) is 0 Å². The van der Waals surface area contributed by atoms with Crippen LogP contribution in [0.15, 0.2) is 0 Å². The molecule has 1 N–H and O–H groups in total. The molecule has 0 aromatic heterocycles. The number of hydrogen-bond acceptors (Lipinski definition) is 4. The van der Waals surface area contributed by atoms with Crippen molar-refractivity contribution in [3.63, 3.8) is 0 Å². The van der Waals surface area contributed by atoms with E-state index in [4.69, 9.17) is 9.47 Å². The van der Waals surface area contributed by atoms with Gasteiger partial charge in [-0.25, -0.2) is 0 Å². The molecule has 0 spiro atoms. The van der Waals surface area contributed by atoms with Crippen LogP contribution in [0.1, 0.15) is 26.2 Å². The molecule has 0 amide bonds. The summed E-state index contributed by atoms with van der Waals surface area (Å²) in [6, 6.07) is 0.434. The molecule has 1 unspecified atom stereocenters. The number of esters is 1. The van der Waals surface area contributed by atoms with Crippen molar-refractivity contribution >= 4 is 5.97 Å². The van der Waals surface area contributed by atoms with Crippen molar-refractivity contribution in [1.29, 1.82) is 0 Å². The summed E-state index contributed by atoms with van der Waals surface area (Å²) in [6.45, 7) is 4.85. The van der Waals surface area contributed by atoms with E-state index in [0.29, 0.717) is 19.1 Å². The Balaban J connectivity index is 1.94. The summed E-state index contributed by atoms with van der Waals surface area (Å²) < 4.78 is 10.3. The zero-order valence-corrected chi connectivity index (χ0v) is 8.75. The molecular weight excluding hydrogens is 182 g/mol. The van der Waals surface area contributed by atoms with Crippen LogP contribution in [0.5, 0.6) is 0 Å². The number of rotatable bonds is 5. The van der Waals surface area contributed by atoms with E-state index < -0.39 is 0 Å². The number of carbonyl (C=O) groups is 1. The third-order valence-corrected chi connectivity index (χ3v) is 2.25. The molecule has 1 heterocycles. The second kappa shape index (κ2) is 6.79. The van der Waals surface area contributed by atoms with Gasteiger partial charge in [0.15, 0.2) is 0 Å². The van der Waals surface area contributed by atoms with E-state index in [2.05, 4.69) is 5.32 Å². The number of nitrogens with one attached hydrogen (secondary N) is 1. The third-order valence-electron chi connectivity index (χ3n) is 2.25. The molecule has 1 fully saturated rings. The molecule has 1 atom stereocenters. The average Bonchev–Trinajstić information content (AvgIpc) is 2.25. The summed E-state index contributed by atoms with van der Waals surface area (Å²) >= 11 is 0. The van der Waals surface area contributed by atoms with Gasteiger partial charge >= 0.3 is 5.97 Å². The zero-order chi connectivity index (χ0) is 10.2. The van der Waals surface area contributed by atoms with Crippen LogP contribution in [0.4, 0.5) is 0 Å². The summed E-state index contributed by atoms with van der Waals surface area (Å²) in [4.78, 5) is 10.8. The minimum absolute atomic E-state index is 0.113. The Morgan fingerprint density at radius 3 is 3.14 bits per heavy atom. The van der Waals surface area contributed by atoms with E-state index in [1.807, 2.05) is 0 Å². The first-order chi connectivity index (χ1) is 6.83. The predicted octanol–water partition coefficient (Wildman–Crippen LogP) is 0.708. The first kappa shape index (κ1) is 11.5. The van der Waals surface area contributed by atoms with E-state index in [0.717, 1.165) is 32.6 Å². The number of hydrogen-bond donors (Lipinski definition) is 1. The minimum atomic E-state index is -0.113. The van der Waals surface area contributed by atoms with Crippen molar-refractivity contribution in [3.05, 3.63) is 0 Å². The quantitative estimate of drug-likeness (QED) is 0.525. The molecule has 4 nitrogen and oxygen atoms in total. The number of carbonyl (C=O) groups excluding carboxylic acids is 1. The standard InChI is InChI=1S/C10H19NO3/c1-2-10(12)14-6-3-4-9-8-13-7-5-11-9/h9,11H,2-8H2,1H3. The maximum Gasteiger partial charge on any atom is 0.305 e. The lowest BCUT2D eigenvalue weighted by atomic mass is 10.1. The lowest BCUT2D eigenvalue weighted by Gasteiger charge is -2.23. The van der Waals surface area contributed by atoms with E-state index in [-0.39, 0.29) is 5.97 Å². The van der Waals surface area contributed by atoms with E-state index in [9.17, 15) is 4.79 Å². The zero-order valence-electron chi connectivity index (χ0n) is 8.75. The van der Waals surface area contributed by atoms with Crippen molar-refractivity contribution < 1.29 is 14.3 Å². The maximum absolute atomic E-state index is 10.8. The number of morpholine rings is 1. The predicted molar refractivity (Wildman–Crippen MR) is 53.1 cm³/mol. The van der Waals surface area contributed by atoms with Gasteiger partial charge in [0.05, 0.1) is 19.8 Å². The molecule has 1 rings (SSSR count). The highest BCUT2D eigenvalue weighted by Crippen LogP contribution is 2.02. The summed E-state index contributed by atoms with van der Waals surface area (Å²) in [5.41, 5.74) is 0. The Labute approximate surface area is 85.0 Å². The molecule has 0 bridgehead atoms. The highest BCUT2D eigenvalue weighted by atomic mass is 16.5. The number of ether oxygens (including phenoxy) is 2. The Morgan fingerprint density at radius 2 is 2.50 bits per heavy atom. The molecule has 4 heteroatoms. The Bertz CT molecular complexity index is 167. The van der Waals surface area contributed by atoms with Gasteiger partial charge in [0.2, 0.25) is 0 Å². The largest absolute Gasteiger partial charge is 0.466 e. The van der Waals surface area contributed by atoms with Gasteiger partial charge in [0, 0.05) is 19.0 Å². The molecule has 1 aliphatic heterocycles. The highest BCUT2D eigenvalue weighted by molar-refractivity contribution is 5.68. The van der Waals surface area contributed by atoms with Crippen LogP contribution in [0.25, 0.3) is 0 Å². The van der Waals surface area contributed by atoms with Gasteiger partial charge in [-0.3, -0.25) is 4.79 Å². The van der Waals surface area contributed by atoms with Gasteiger partial charge in [-0.1, -0.05) is 6.92 Å². The summed E-state index contributed by atoms with van der Waals surface area (Å²) in [5, 5.41) is 3.36. The first-order valence-electron chi connectivity index (χ1n) is 5.29. The van der Waals surface area contributed by atoms with Crippen LogP contribution in [0.3, 0.4) is 0 Å². The topological polar surface area (TPSA) is 47.6 Å². The summed E-state index contributed by atoms with van der Waals surface area (Å²) in [6.07, 6.45) is 2.38. The normalized spacial score (nSPS) is 21.9. The van der Waals surface area contributed by atoms with Crippen molar-refractivity contribution in [2.24, 2.45) is 0 Å². The average molecular weight is 201 g/mol. The lowest BCUT2D eigenvalue weighted by Crippen LogP contribution is -2.41. The van der Waals surface area contributed by atoms with Crippen LogP contribution in [-0.2, 0) is 14.3 Å². The van der Waals surface area contributed by atoms with Crippen molar-refractivity contribution in [2.75, 3.05) is 26.4 Å². The van der Waals surface area contributed by atoms with Gasteiger partial charge < -0.3 is 14.8 Å². The molecule has 82 valence electrons. The Morgan fingerprint density at radius 1 is 1.64 bits per heavy atom. The summed E-state index contributed by atoms with van der Waals surface area (Å²) in [5.74, 6) is -0.113. The van der Waals surface area contributed by atoms with Crippen LogP contribution >= 0.6 is 0 Å². The maximum atomic E-state index is 10.8. The molecular formula is C10H19NO3. The lowest BCUT2D eigenvalue weighted by molar-refractivity contribution is -0.143. The fourth-order valence-electron chi connectivity index (χ4n) is 1.42. The van der Waals surface area contributed by atoms with Crippen LogP contribution in [-0.4, -0.2) is 38.4 Å². The fraction of sp³-hybridized carbons (Fsp3) is 0.900. The second-order valence-corrected chi connectivity index (χ2v) is 3.44. The second-order valence-electron chi connectivity index (χ2n) is 3.44. The Kier molecular flexibility index (Phi) is 5.56. The van der Waals surface area contributed by atoms with Gasteiger partial charge in [-0.05, 0) is 12.8 Å². The molecule has 1 aliphatic rings. The van der Waals surface area contributed by atoms with Crippen LogP contribution in [0.2, 0.25) is 0 Å². The third kappa shape index (κ3) is 4.58. The molecule has 0 saturated carbocycles. The fourth-order valence-corrected chi connectivity index (χ4v) is 1.42. The minimum Gasteiger partial charge on any atom is -0.466 e. The van der Waals surface area contributed by atoms with Crippen LogP contribution in [0, 0.1) is 0 Å². The molecule has 0 radical (unpaired) electrons. The molecule has 0 aliphatic carbocycles. The molecule has 1 saturated heterocycles. The molecule has 14 heavy (non-hydrogen) atoms. The van der Waals surface area contributed by atoms with E-state index in [1.54, 1.807) is 6.92 Å². The smallest absolute Gasteiger partial charge is 0.305 e. The molecule has 0 aromatic rings. The summed E-state index contributed by atoms with van der Waals surface area (Å²) in [7, 11) is 0. The monoisotopic (exact) mass is 201 g/mol. The van der Waals surface area contributed by atoms with Crippen molar-refractivity contribution in [2.45, 2.75) is 32.2 Å². The van der Waals surface area contributed by atoms with E-state index >= 15 is 0 Å². The molecule has 0 aromatic carbocycles. The van der Waals surface area contributed by atoms with Crippen molar-refractivity contribution in [1.82, 2.24) is 5.32 Å². The highest BCUT2D eigenvalue weighted by Gasteiger charge is 2.12. The van der Waals surface area contributed by atoms with Gasteiger partial charge in [-0.2, -0.15) is 0 Å². The SMILES string of the molecule is CCC(=O)OCCCC1COCCN1. The van der Waals surface area contributed by atoms with Gasteiger partial charge in [0.25, 0.3) is 0 Å². The van der Waals surface area contributed by atoms with Crippen molar-refractivity contribution in [3.8, 4) is 0 Å².